The average molecular weight is 340 g/mol. The van der Waals surface area contributed by atoms with Crippen molar-refractivity contribution in [3.8, 4) is 0 Å². The topological polar surface area (TPSA) is 49.4 Å². The van der Waals surface area contributed by atoms with Crippen LogP contribution in [0, 0.1) is 13.8 Å². The molecule has 1 saturated heterocycles. The molecule has 0 saturated carbocycles. The van der Waals surface area contributed by atoms with Gasteiger partial charge in [0, 0.05) is 10.4 Å². The number of amides is 3. The number of nitrogens with zero attached hydrogens (tertiary/aromatic N) is 1. The molecule has 1 N–H and O–H groups in total. The van der Waals surface area contributed by atoms with Crippen molar-refractivity contribution < 1.29 is 9.59 Å². The smallest absolute Gasteiger partial charge is 0.319 e. The zero-order valence-corrected chi connectivity index (χ0v) is 14.7. The highest BCUT2D eigenvalue weighted by Gasteiger charge is 2.54. The van der Waals surface area contributed by atoms with Crippen LogP contribution in [0.1, 0.15) is 40.0 Å². The first kappa shape index (κ1) is 15.4. The molecule has 2 aliphatic rings. The monoisotopic (exact) mass is 340 g/mol. The van der Waals surface area contributed by atoms with E-state index >= 15 is 0 Å². The second-order valence-corrected chi connectivity index (χ2v) is 7.77. The molecule has 1 aromatic heterocycles. The first-order valence-electron chi connectivity index (χ1n) is 8.28. The standard InChI is InChI=1S/C19H20N2O2S/c1-12-5-6-13(2)14(10-12)11-21-17(22)19(20-18(21)23)8-3-4-16-15(19)7-9-24-16/h5-7,9-10H,3-4,8,11H2,1-2H3,(H,20,23)/t19-/m1/s1. The molecule has 1 aliphatic carbocycles. The van der Waals surface area contributed by atoms with Gasteiger partial charge in [-0.3, -0.25) is 9.69 Å². The van der Waals surface area contributed by atoms with Crippen molar-refractivity contribution >= 4 is 23.3 Å². The third-order valence-corrected chi connectivity index (χ3v) is 6.15. The summed E-state index contributed by atoms with van der Waals surface area (Å²) in [6, 6.07) is 7.86. The Hall–Kier alpha value is -2.14. The zero-order valence-electron chi connectivity index (χ0n) is 13.9. The molecule has 0 bridgehead atoms. The first-order valence-corrected chi connectivity index (χ1v) is 9.16. The summed E-state index contributed by atoms with van der Waals surface area (Å²) in [7, 11) is 0. The molecule has 1 aliphatic heterocycles. The second-order valence-electron chi connectivity index (χ2n) is 6.77. The van der Waals surface area contributed by atoms with Gasteiger partial charge in [-0.15, -0.1) is 11.3 Å². The van der Waals surface area contributed by atoms with Gasteiger partial charge >= 0.3 is 6.03 Å². The quantitative estimate of drug-likeness (QED) is 0.849. The van der Waals surface area contributed by atoms with Gasteiger partial charge in [0.2, 0.25) is 0 Å². The van der Waals surface area contributed by atoms with Crippen molar-refractivity contribution in [3.63, 3.8) is 0 Å². The van der Waals surface area contributed by atoms with E-state index in [0.29, 0.717) is 13.0 Å². The van der Waals surface area contributed by atoms with Gasteiger partial charge in [-0.1, -0.05) is 23.8 Å². The van der Waals surface area contributed by atoms with Crippen molar-refractivity contribution in [2.45, 2.75) is 45.2 Å². The lowest BCUT2D eigenvalue weighted by Crippen LogP contribution is -2.46. The number of benzene rings is 1. The van der Waals surface area contributed by atoms with Crippen LogP contribution in [0.2, 0.25) is 0 Å². The molecule has 1 atom stereocenters. The van der Waals surface area contributed by atoms with Crippen LogP contribution < -0.4 is 5.32 Å². The number of carbonyl (C=O) groups excluding carboxylic acids is 2. The van der Waals surface area contributed by atoms with E-state index in [0.717, 1.165) is 35.1 Å². The number of imide groups is 1. The summed E-state index contributed by atoms with van der Waals surface area (Å²) in [6.07, 6.45) is 2.61. The first-order chi connectivity index (χ1) is 11.5. The lowest BCUT2D eigenvalue weighted by Gasteiger charge is -2.31. The minimum atomic E-state index is -0.845. The van der Waals surface area contributed by atoms with E-state index < -0.39 is 5.54 Å². The second kappa shape index (κ2) is 5.45. The normalized spacial score (nSPS) is 22.8. The van der Waals surface area contributed by atoms with Crippen LogP contribution in [0.4, 0.5) is 4.79 Å². The summed E-state index contributed by atoms with van der Waals surface area (Å²) in [6.45, 7) is 4.37. The van der Waals surface area contributed by atoms with Gasteiger partial charge in [0.15, 0.2) is 0 Å². The maximum Gasteiger partial charge on any atom is 0.325 e. The lowest BCUT2D eigenvalue weighted by molar-refractivity contribution is -0.132. The van der Waals surface area contributed by atoms with Crippen LogP contribution >= 0.6 is 11.3 Å². The van der Waals surface area contributed by atoms with Crippen molar-refractivity contribution in [3.05, 3.63) is 56.8 Å². The van der Waals surface area contributed by atoms with Crippen molar-refractivity contribution in [1.82, 2.24) is 10.2 Å². The Kier molecular flexibility index (Phi) is 3.49. The van der Waals surface area contributed by atoms with Crippen molar-refractivity contribution in [2.24, 2.45) is 0 Å². The van der Waals surface area contributed by atoms with Gasteiger partial charge in [0.1, 0.15) is 5.54 Å². The summed E-state index contributed by atoms with van der Waals surface area (Å²) in [4.78, 5) is 28.4. The Morgan fingerprint density at radius 3 is 2.92 bits per heavy atom. The van der Waals surface area contributed by atoms with Gasteiger partial charge in [-0.2, -0.15) is 0 Å². The zero-order chi connectivity index (χ0) is 16.9. The van der Waals surface area contributed by atoms with E-state index in [-0.39, 0.29) is 11.9 Å². The lowest BCUT2D eigenvalue weighted by atomic mass is 9.80. The highest BCUT2D eigenvalue weighted by atomic mass is 32.1. The maximum absolute atomic E-state index is 13.2. The number of hydrogen-bond acceptors (Lipinski definition) is 3. The molecular weight excluding hydrogens is 320 g/mol. The van der Waals surface area contributed by atoms with E-state index in [1.807, 2.05) is 37.4 Å². The van der Waals surface area contributed by atoms with Crippen LogP contribution in [-0.4, -0.2) is 16.8 Å². The largest absolute Gasteiger partial charge is 0.325 e. The summed E-state index contributed by atoms with van der Waals surface area (Å²) >= 11 is 1.68. The van der Waals surface area contributed by atoms with Crippen molar-refractivity contribution in [1.29, 1.82) is 0 Å². The number of carbonyl (C=O) groups is 2. The predicted molar refractivity (Wildman–Crippen MR) is 93.9 cm³/mol. The highest BCUT2D eigenvalue weighted by molar-refractivity contribution is 7.10. The molecule has 0 unspecified atom stereocenters. The third-order valence-electron chi connectivity index (χ3n) is 5.17. The van der Waals surface area contributed by atoms with Crippen molar-refractivity contribution in [2.75, 3.05) is 0 Å². The molecule has 2 heterocycles. The number of thiophene rings is 1. The van der Waals surface area contributed by atoms with Crippen LogP contribution in [0.15, 0.2) is 29.6 Å². The van der Waals surface area contributed by atoms with Gasteiger partial charge in [-0.25, -0.2) is 4.79 Å². The Morgan fingerprint density at radius 1 is 1.25 bits per heavy atom. The molecule has 0 radical (unpaired) electrons. The molecule has 4 rings (SSSR count). The number of nitrogens with one attached hydrogen (secondary N) is 1. The van der Waals surface area contributed by atoms with Crippen LogP contribution in [-0.2, 0) is 23.3 Å². The predicted octanol–water partition coefficient (Wildman–Crippen LogP) is 3.65. The van der Waals surface area contributed by atoms with Gasteiger partial charge in [0.25, 0.3) is 5.91 Å². The van der Waals surface area contributed by atoms with Gasteiger partial charge in [-0.05, 0) is 55.7 Å². The maximum atomic E-state index is 13.2. The fourth-order valence-electron chi connectivity index (χ4n) is 3.83. The Labute approximate surface area is 145 Å². The molecule has 1 aromatic carbocycles. The molecule has 3 amide bonds. The summed E-state index contributed by atoms with van der Waals surface area (Å²) in [5, 5.41) is 5.03. The van der Waals surface area contributed by atoms with Gasteiger partial charge < -0.3 is 5.32 Å². The highest BCUT2D eigenvalue weighted by Crippen LogP contribution is 2.42. The number of rotatable bonds is 2. The molecule has 124 valence electrons. The molecule has 5 heteroatoms. The summed E-state index contributed by atoms with van der Waals surface area (Å²) < 4.78 is 0. The third kappa shape index (κ3) is 2.18. The molecule has 4 nitrogen and oxygen atoms in total. The molecule has 1 spiro atoms. The Bertz CT molecular complexity index is 842. The minimum absolute atomic E-state index is 0.104. The molecule has 24 heavy (non-hydrogen) atoms. The van der Waals surface area contributed by atoms with Crippen LogP contribution in [0.5, 0.6) is 0 Å². The number of fused-ring (bicyclic) bond motifs is 2. The van der Waals surface area contributed by atoms with E-state index in [1.54, 1.807) is 11.3 Å². The Balaban J connectivity index is 1.70. The number of urea groups is 1. The van der Waals surface area contributed by atoms with E-state index in [2.05, 4.69) is 11.4 Å². The molecule has 2 aromatic rings. The number of aryl methyl sites for hydroxylation is 3. The minimum Gasteiger partial charge on any atom is -0.319 e. The fraction of sp³-hybridized carbons (Fsp3) is 0.368. The van der Waals surface area contributed by atoms with Crippen LogP contribution in [0.25, 0.3) is 0 Å². The summed E-state index contributed by atoms with van der Waals surface area (Å²) in [5.41, 5.74) is 3.41. The average Bonchev–Trinajstić information content (AvgIpc) is 3.12. The molecular formula is C19H20N2O2S. The van der Waals surface area contributed by atoms with E-state index in [1.165, 1.54) is 9.78 Å². The number of hydrogen-bond donors (Lipinski definition) is 1. The van der Waals surface area contributed by atoms with E-state index in [9.17, 15) is 9.59 Å². The van der Waals surface area contributed by atoms with Gasteiger partial charge in [0.05, 0.1) is 6.54 Å². The SMILES string of the molecule is Cc1ccc(C)c(CN2C(=O)N[C@@]3(CCCc4sccc43)C2=O)c1. The van der Waals surface area contributed by atoms with E-state index in [4.69, 9.17) is 0 Å². The summed E-state index contributed by atoms with van der Waals surface area (Å²) in [5.74, 6) is -0.104. The fourth-order valence-corrected chi connectivity index (χ4v) is 4.83. The molecule has 1 fully saturated rings. The Morgan fingerprint density at radius 2 is 2.08 bits per heavy atom. The van der Waals surface area contributed by atoms with Crippen LogP contribution in [0.3, 0.4) is 0 Å².